The number of Topliss-reactive ketones (excluding diaryl/α,β-unsaturated/α-hetero) is 1. The Morgan fingerprint density at radius 3 is 2.60 bits per heavy atom. The summed E-state index contributed by atoms with van der Waals surface area (Å²) >= 11 is 0. The number of fused-ring (bicyclic) bond motifs is 1. The Balaban J connectivity index is 2.67. The average Bonchev–Trinajstić information content (AvgIpc) is 2.18. The molecular weight excluding hydrogens is 222 g/mol. The Labute approximate surface area is 87.8 Å². The van der Waals surface area contributed by atoms with Crippen LogP contribution in [0.5, 0.6) is 0 Å². The van der Waals surface area contributed by atoms with Crippen LogP contribution in [0.3, 0.4) is 0 Å². The number of ketones is 1. The average molecular weight is 230 g/mol. The van der Waals surface area contributed by atoms with Crippen molar-refractivity contribution < 1.29 is 17.8 Å². The van der Waals surface area contributed by atoms with Gasteiger partial charge < -0.3 is 0 Å². The molecule has 1 aliphatic rings. The number of benzene rings is 1. The minimum absolute atomic E-state index is 0.0472. The maximum absolute atomic E-state index is 12.9. The predicted molar refractivity (Wildman–Crippen MR) is 51.1 cm³/mol. The molecule has 0 saturated heterocycles. The summed E-state index contributed by atoms with van der Waals surface area (Å²) in [5, 5.41) is 0. The van der Waals surface area contributed by atoms with Crippen molar-refractivity contribution in [3.8, 4) is 0 Å². The van der Waals surface area contributed by atoms with Gasteiger partial charge in [0, 0.05) is 17.2 Å². The van der Waals surface area contributed by atoms with Crippen LogP contribution in [0.2, 0.25) is 0 Å². The number of halogens is 2. The highest BCUT2D eigenvalue weighted by atomic mass is 32.2. The maximum Gasteiger partial charge on any atom is 0.167 e. The molecule has 15 heavy (non-hydrogen) atoms. The lowest BCUT2D eigenvalue weighted by atomic mass is 10.0. The highest BCUT2D eigenvalue weighted by Crippen LogP contribution is 2.27. The van der Waals surface area contributed by atoms with Crippen LogP contribution < -0.4 is 0 Å². The van der Waals surface area contributed by atoms with Gasteiger partial charge in [-0.25, -0.2) is 8.78 Å². The second-order valence-corrected chi connectivity index (χ2v) is 5.00. The van der Waals surface area contributed by atoms with Crippen LogP contribution in [0.15, 0.2) is 17.0 Å². The van der Waals surface area contributed by atoms with Gasteiger partial charge in [0.1, 0.15) is 0 Å². The van der Waals surface area contributed by atoms with Crippen LogP contribution in [0.4, 0.5) is 8.78 Å². The van der Waals surface area contributed by atoms with Gasteiger partial charge in [0.25, 0.3) is 0 Å². The summed E-state index contributed by atoms with van der Waals surface area (Å²) < 4.78 is 37.4. The first-order valence-corrected chi connectivity index (χ1v) is 5.74. The Hall–Kier alpha value is -1.10. The quantitative estimate of drug-likeness (QED) is 0.682. The number of rotatable bonds is 0. The number of hydrogen-bond acceptors (Lipinski definition) is 2. The summed E-state index contributed by atoms with van der Waals surface area (Å²) in [7, 11) is -1.41. The molecule has 0 bridgehead atoms. The fraction of sp³-hybridized carbons (Fsp3) is 0.300. The summed E-state index contributed by atoms with van der Waals surface area (Å²) in [5.41, 5.74) is 0.0472. The van der Waals surface area contributed by atoms with Crippen LogP contribution >= 0.6 is 0 Å². The Morgan fingerprint density at radius 1 is 1.33 bits per heavy atom. The highest BCUT2D eigenvalue weighted by Gasteiger charge is 2.30. The van der Waals surface area contributed by atoms with E-state index >= 15 is 0 Å². The van der Waals surface area contributed by atoms with E-state index in [2.05, 4.69) is 0 Å². The van der Waals surface area contributed by atoms with Gasteiger partial charge in [-0.2, -0.15) is 0 Å². The molecule has 2 unspecified atom stereocenters. The van der Waals surface area contributed by atoms with Crippen LogP contribution in [0, 0.1) is 17.6 Å². The third kappa shape index (κ3) is 1.61. The molecule has 2 rings (SSSR count). The van der Waals surface area contributed by atoms with E-state index in [1.807, 2.05) is 0 Å². The van der Waals surface area contributed by atoms with Gasteiger partial charge in [-0.05, 0) is 12.1 Å². The maximum atomic E-state index is 12.9. The molecule has 2 atom stereocenters. The van der Waals surface area contributed by atoms with Crippen LogP contribution in [-0.4, -0.2) is 15.7 Å². The zero-order chi connectivity index (χ0) is 11.2. The van der Waals surface area contributed by atoms with Crippen molar-refractivity contribution in [2.75, 3.05) is 5.75 Å². The highest BCUT2D eigenvalue weighted by molar-refractivity contribution is 7.85. The number of hydrogen-bond donors (Lipinski definition) is 0. The first-order valence-electron chi connectivity index (χ1n) is 4.42. The van der Waals surface area contributed by atoms with E-state index in [9.17, 15) is 17.8 Å². The van der Waals surface area contributed by atoms with Crippen molar-refractivity contribution in [2.24, 2.45) is 5.92 Å². The summed E-state index contributed by atoms with van der Waals surface area (Å²) in [6.07, 6.45) is 0. The van der Waals surface area contributed by atoms with Gasteiger partial charge in [0.2, 0.25) is 0 Å². The molecule has 0 aromatic heterocycles. The smallest absolute Gasteiger partial charge is 0.167 e. The molecule has 0 aliphatic carbocycles. The van der Waals surface area contributed by atoms with Gasteiger partial charge in [-0.15, -0.1) is 0 Å². The van der Waals surface area contributed by atoms with Crippen molar-refractivity contribution in [1.82, 2.24) is 0 Å². The minimum atomic E-state index is -1.41. The zero-order valence-electron chi connectivity index (χ0n) is 7.92. The largest absolute Gasteiger partial charge is 0.294 e. The molecule has 0 N–H and O–H groups in total. The molecule has 1 aliphatic heterocycles. The van der Waals surface area contributed by atoms with Crippen LogP contribution in [0.25, 0.3) is 0 Å². The Kier molecular flexibility index (Phi) is 2.42. The summed E-state index contributed by atoms with van der Waals surface area (Å²) in [6.45, 7) is 1.63. The second-order valence-electron chi connectivity index (χ2n) is 3.54. The summed E-state index contributed by atoms with van der Waals surface area (Å²) in [5.74, 6) is -2.64. The minimum Gasteiger partial charge on any atom is -0.294 e. The number of carbonyl (C=O) groups is 1. The van der Waals surface area contributed by atoms with E-state index in [0.29, 0.717) is 0 Å². The molecule has 0 radical (unpaired) electrons. The van der Waals surface area contributed by atoms with Gasteiger partial charge in [-0.3, -0.25) is 9.00 Å². The van der Waals surface area contributed by atoms with Crippen LogP contribution in [-0.2, 0) is 10.8 Å². The first-order chi connectivity index (χ1) is 7.00. The van der Waals surface area contributed by atoms with E-state index in [1.54, 1.807) is 6.92 Å². The lowest BCUT2D eigenvalue weighted by Crippen LogP contribution is -2.26. The molecule has 1 heterocycles. The van der Waals surface area contributed by atoms with Crippen LogP contribution in [0.1, 0.15) is 17.3 Å². The first kappa shape index (κ1) is 10.4. The van der Waals surface area contributed by atoms with E-state index in [1.165, 1.54) is 0 Å². The van der Waals surface area contributed by atoms with E-state index in [-0.39, 0.29) is 22.0 Å². The Morgan fingerprint density at radius 2 is 1.93 bits per heavy atom. The topological polar surface area (TPSA) is 34.1 Å². The molecule has 1 aromatic rings. The molecule has 0 spiro atoms. The van der Waals surface area contributed by atoms with Crippen molar-refractivity contribution in [3.05, 3.63) is 29.3 Å². The molecule has 5 heteroatoms. The fourth-order valence-electron chi connectivity index (χ4n) is 1.57. The van der Waals surface area contributed by atoms with E-state index in [4.69, 9.17) is 0 Å². The summed E-state index contributed by atoms with van der Waals surface area (Å²) in [4.78, 5) is 11.7. The van der Waals surface area contributed by atoms with Gasteiger partial charge in [-0.1, -0.05) is 6.92 Å². The van der Waals surface area contributed by atoms with Crippen molar-refractivity contribution in [3.63, 3.8) is 0 Å². The molecule has 1 aromatic carbocycles. The monoisotopic (exact) mass is 230 g/mol. The molecule has 80 valence electrons. The molecule has 2 nitrogen and oxygen atoms in total. The third-order valence-electron chi connectivity index (χ3n) is 2.38. The lowest BCUT2D eigenvalue weighted by molar-refractivity contribution is 0.0934. The third-order valence-corrected chi connectivity index (χ3v) is 4.01. The number of carbonyl (C=O) groups excluding carboxylic acids is 1. The normalized spacial score (nSPS) is 25.1. The van der Waals surface area contributed by atoms with E-state index < -0.39 is 28.4 Å². The fourth-order valence-corrected chi connectivity index (χ4v) is 2.99. The van der Waals surface area contributed by atoms with Gasteiger partial charge >= 0.3 is 0 Å². The van der Waals surface area contributed by atoms with Gasteiger partial charge in [0.15, 0.2) is 17.4 Å². The SMILES string of the molecule is CC1CS(=O)c2cc(F)c(F)cc2C1=O. The predicted octanol–water partition coefficient (Wildman–Crippen LogP) is 1.90. The van der Waals surface area contributed by atoms with Gasteiger partial charge in [0.05, 0.1) is 15.7 Å². The molecule has 0 amide bonds. The van der Waals surface area contributed by atoms with Crippen molar-refractivity contribution >= 4 is 16.6 Å². The van der Waals surface area contributed by atoms with Crippen molar-refractivity contribution in [1.29, 1.82) is 0 Å². The Bertz CT molecular complexity index is 471. The van der Waals surface area contributed by atoms with Crippen molar-refractivity contribution in [2.45, 2.75) is 11.8 Å². The second kappa shape index (κ2) is 3.48. The standard InChI is InChI=1S/C10H8F2O2S/c1-5-4-15(14)9-3-8(12)7(11)2-6(9)10(5)13/h2-3,5H,4H2,1H3. The summed E-state index contributed by atoms with van der Waals surface area (Å²) in [6, 6.07) is 1.69. The zero-order valence-corrected chi connectivity index (χ0v) is 8.74. The van der Waals surface area contributed by atoms with E-state index in [0.717, 1.165) is 12.1 Å². The molecule has 0 saturated carbocycles. The molecular formula is C10H8F2O2S. The lowest BCUT2D eigenvalue weighted by Gasteiger charge is -2.19. The molecule has 0 fully saturated rings.